The van der Waals surface area contributed by atoms with Crippen LogP contribution < -0.4 is 0 Å². The Balaban J connectivity index is 2.72. The van der Waals surface area contributed by atoms with Crippen molar-refractivity contribution in [1.29, 1.82) is 0 Å². The molecule has 1 nitrogen and oxygen atoms in total. The Morgan fingerprint density at radius 1 is 1.22 bits per heavy atom. The summed E-state index contributed by atoms with van der Waals surface area (Å²) >= 11 is 0. The highest BCUT2D eigenvalue weighted by Crippen LogP contribution is 2.06. The van der Waals surface area contributed by atoms with E-state index in [1.807, 2.05) is 30.3 Å². The van der Waals surface area contributed by atoms with Gasteiger partial charge in [0.05, 0.1) is 6.16 Å². The van der Waals surface area contributed by atoms with E-state index >= 15 is 0 Å². The summed E-state index contributed by atoms with van der Waals surface area (Å²) in [5.74, 6) is 0. The van der Waals surface area contributed by atoms with E-state index in [-0.39, 0.29) is 8.46 Å². The molecule has 2 heteroatoms. The molecule has 1 aromatic carbocycles. The zero-order chi connectivity index (χ0) is 6.53. The van der Waals surface area contributed by atoms with Crippen molar-refractivity contribution in [1.82, 2.24) is 0 Å². The van der Waals surface area contributed by atoms with E-state index in [0.29, 0.717) is 6.16 Å². The van der Waals surface area contributed by atoms with Gasteiger partial charge in [0.2, 0.25) is 0 Å². The summed E-state index contributed by atoms with van der Waals surface area (Å²) in [6, 6.07) is 9.77. The highest BCUT2D eigenvalue weighted by molar-refractivity contribution is 7.22. The lowest BCUT2D eigenvalue weighted by Gasteiger charge is -1.88. The van der Waals surface area contributed by atoms with Gasteiger partial charge >= 0.3 is 0 Å². The van der Waals surface area contributed by atoms with Crippen molar-refractivity contribution in [3.05, 3.63) is 35.9 Å². The Hall–Kier alpha value is -0.680. The second-order valence-electron chi connectivity index (χ2n) is 1.77. The summed E-state index contributed by atoms with van der Waals surface area (Å²) in [5, 5.41) is 0. The van der Waals surface area contributed by atoms with Crippen LogP contribution in [0.3, 0.4) is 0 Å². The summed E-state index contributed by atoms with van der Waals surface area (Å²) in [7, 11) is 0.195. The maximum atomic E-state index is 10.1. The first-order valence-corrected chi connectivity index (χ1v) is 3.76. The first-order chi connectivity index (χ1) is 4.43. The first-order valence-electron chi connectivity index (χ1n) is 2.76. The molecule has 9 heavy (non-hydrogen) atoms. The molecule has 0 saturated heterocycles. The average Bonchev–Trinajstić information content (AvgIpc) is 1.91. The molecule has 0 aliphatic heterocycles. The minimum absolute atomic E-state index is 0.195. The molecule has 0 saturated carbocycles. The second-order valence-corrected chi connectivity index (χ2v) is 2.35. The fourth-order valence-electron chi connectivity index (χ4n) is 0.658. The topological polar surface area (TPSA) is 17.1 Å². The molecule has 0 aliphatic rings. The number of rotatable bonds is 2. The molecule has 1 aromatic rings. The summed E-state index contributed by atoms with van der Waals surface area (Å²) in [4.78, 5) is 0. The van der Waals surface area contributed by atoms with Gasteiger partial charge in [-0.2, -0.15) is 0 Å². The van der Waals surface area contributed by atoms with Crippen molar-refractivity contribution in [2.24, 2.45) is 0 Å². The molecule has 0 fully saturated rings. The summed E-state index contributed by atoms with van der Waals surface area (Å²) in [5.41, 5.74) is 1.12. The molecule has 0 amide bonds. The molecule has 0 spiro atoms. The molecule has 46 valence electrons. The van der Waals surface area contributed by atoms with Gasteiger partial charge in [-0.15, -0.1) is 0 Å². The van der Waals surface area contributed by atoms with Crippen LogP contribution in [0.1, 0.15) is 5.56 Å². The first kappa shape index (κ1) is 6.44. The third-order valence-corrected chi connectivity index (χ3v) is 1.58. The van der Waals surface area contributed by atoms with E-state index in [1.165, 1.54) is 0 Å². The van der Waals surface area contributed by atoms with Crippen LogP contribution in [0.4, 0.5) is 0 Å². The molecule has 0 aliphatic carbocycles. The van der Waals surface area contributed by atoms with Gasteiger partial charge in [-0.05, 0) is 5.56 Å². The van der Waals surface area contributed by atoms with E-state index in [1.54, 1.807) is 0 Å². The van der Waals surface area contributed by atoms with Crippen molar-refractivity contribution >= 4 is 8.46 Å². The standard InChI is InChI=1S/C7H7OP/c8-9-6-7-4-2-1-3-5-7/h1-5H,6H2. The van der Waals surface area contributed by atoms with E-state index in [4.69, 9.17) is 0 Å². The van der Waals surface area contributed by atoms with Gasteiger partial charge in [0.15, 0.2) is 8.46 Å². The summed E-state index contributed by atoms with van der Waals surface area (Å²) < 4.78 is 10.1. The van der Waals surface area contributed by atoms with Crippen molar-refractivity contribution in [2.75, 3.05) is 0 Å². The van der Waals surface area contributed by atoms with E-state index in [0.717, 1.165) is 5.56 Å². The van der Waals surface area contributed by atoms with Crippen LogP contribution in [-0.2, 0) is 10.7 Å². The van der Waals surface area contributed by atoms with Gasteiger partial charge in [0, 0.05) is 0 Å². The third-order valence-electron chi connectivity index (χ3n) is 1.09. The Kier molecular flexibility index (Phi) is 2.41. The largest absolute Gasteiger partial charge is 0.275 e. The zero-order valence-electron chi connectivity index (χ0n) is 4.95. The third kappa shape index (κ3) is 1.95. The fourth-order valence-corrected chi connectivity index (χ4v) is 1.02. The Bertz CT molecular complexity index is 183. The second kappa shape index (κ2) is 3.37. The molecule has 1 rings (SSSR count). The van der Waals surface area contributed by atoms with E-state index < -0.39 is 0 Å². The molecule has 0 N–H and O–H groups in total. The molecule has 0 heterocycles. The Labute approximate surface area is 55.9 Å². The van der Waals surface area contributed by atoms with Crippen LogP contribution in [0.15, 0.2) is 30.3 Å². The van der Waals surface area contributed by atoms with Gasteiger partial charge in [-0.3, -0.25) is 4.57 Å². The maximum Gasteiger partial charge on any atom is 0.160 e. The van der Waals surface area contributed by atoms with Gasteiger partial charge in [0.1, 0.15) is 0 Å². The summed E-state index contributed by atoms with van der Waals surface area (Å²) in [6.45, 7) is 0. The van der Waals surface area contributed by atoms with Crippen LogP contribution in [0.25, 0.3) is 0 Å². The molecule has 0 atom stereocenters. The minimum atomic E-state index is 0.195. The lowest BCUT2D eigenvalue weighted by Crippen LogP contribution is -1.71. The SMILES string of the molecule is O=PCc1ccccc1. The fraction of sp³-hybridized carbons (Fsp3) is 0.143. The maximum absolute atomic E-state index is 10.1. The van der Waals surface area contributed by atoms with Crippen molar-refractivity contribution in [3.63, 3.8) is 0 Å². The predicted molar refractivity (Wildman–Crippen MR) is 37.8 cm³/mol. The van der Waals surface area contributed by atoms with Crippen LogP contribution >= 0.6 is 8.46 Å². The van der Waals surface area contributed by atoms with Gasteiger partial charge in [-0.25, -0.2) is 0 Å². The van der Waals surface area contributed by atoms with Crippen molar-refractivity contribution < 1.29 is 4.57 Å². The Morgan fingerprint density at radius 2 is 1.89 bits per heavy atom. The normalized spacial score (nSPS) is 9.78. The van der Waals surface area contributed by atoms with Gasteiger partial charge < -0.3 is 0 Å². The predicted octanol–water partition coefficient (Wildman–Crippen LogP) is 2.48. The van der Waals surface area contributed by atoms with Gasteiger partial charge in [-0.1, -0.05) is 30.3 Å². The van der Waals surface area contributed by atoms with Crippen molar-refractivity contribution in [2.45, 2.75) is 6.16 Å². The lowest BCUT2D eigenvalue weighted by molar-refractivity contribution is 0.598. The van der Waals surface area contributed by atoms with E-state index in [9.17, 15) is 4.57 Å². The smallest absolute Gasteiger partial charge is 0.160 e. The number of hydrogen-bond acceptors (Lipinski definition) is 1. The molecule has 0 bridgehead atoms. The molecule has 0 unspecified atom stereocenters. The lowest BCUT2D eigenvalue weighted by atomic mass is 10.2. The average molecular weight is 138 g/mol. The minimum Gasteiger partial charge on any atom is -0.275 e. The molecular formula is C7H7OP. The number of hydrogen-bond donors (Lipinski definition) is 0. The monoisotopic (exact) mass is 138 g/mol. The van der Waals surface area contributed by atoms with Gasteiger partial charge in [0.25, 0.3) is 0 Å². The van der Waals surface area contributed by atoms with Crippen LogP contribution in [-0.4, -0.2) is 0 Å². The highest BCUT2D eigenvalue weighted by atomic mass is 31.1. The number of benzene rings is 1. The molecule has 0 aromatic heterocycles. The van der Waals surface area contributed by atoms with Crippen LogP contribution in [0.5, 0.6) is 0 Å². The van der Waals surface area contributed by atoms with Crippen LogP contribution in [0.2, 0.25) is 0 Å². The zero-order valence-corrected chi connectivity index (χ0v) is 5.84. The highest BCUT2D eigenvalue weighted by Gasteiger charge is 1.85. The summed E-state index contributed by atoms with van der Waals surface area (Å²) in [6.07, 6.45) is 0.626. The quantitative estimate of drug-likeness (QED) is 0.573. The van der Waals surface area contributed by atoms with Crippen molar-refractivity contribution in [3.8, 4) is 0 Å². The molecule has 0 radical (unpaired) electrons. The van der Waals surface area contributed by atoms with E-state index in [2.05, 4.69) is 0 Å². The molecular weight excluding hydrogens is 131 g/mol. The Morgan fingerprint density at radius 3 is 2.44 bits per heavy atom. The van der Waals surface area contributed by atoms with Crippen LogP contribution in [0, 0.1) is 0 Å².